The van der Waals surface area contributed by atoms with Crippen LogP contribution >= 0.6 is 0 Å². The fourth-order valence-electron chi connectivity index (χ4n) is 5.62. The summed E-state index contributed by atoms with van der Waals surface area (Å²) in [5, 5.41) is 0. The van der Waals surface area contributed by atoms with Gasteiger partial charge >= 0.3 is 0 Å². The highest BCUT2D eigenvalue weighted by atomic mass is 14.2. The van der Waals surface area contributed by atoms with Crippen molar-refractivity contribution in [3.05, 3.63) is 41.5 Å². The van der Waals surface area contributed by atoms with Crippen molar-refractivity contribution in [1.29, 1.82) is 0 Å². The van der Waals surface area contributed by atoms with Crippen molar-refractivity contribution in [3.8, 4) is 0 Å². The monoisotopic (exact) mass is 497 g/mol. The van der Waals surface area contributed by atoms with E-state index in [1.54, 1.807) is 11.1 Å². The smallest absolute Gasteiger partial charge is 0.0225 e. The van der Waals surface area contributed by atoms with Crippen LogP contribution in [0.3, 0.4) is 0 Å². The van der Waals surface area contributed by atoms with Gasteiger partial charge in [0.15, 0.2) is 0 Å². The zero-order chi connectivity index (χ0) is 25.9. The van der Waals surface area contributed by atoms with E-state index in [-0.39, 0.29) is 0 Å². The second-order valence-electron chi connectivity index (χ2n) is 11.4. The van der Waals surface area contributed by atoms with Crippen molar-refractivity contribution >= 4 is 5.57 Å². The quantitative estimate of drug-likeness (QED) is 0.112. The van der Waals surface area contributed by atoms with Crippen molar-refractivity contribution in [2.75, 3.05) is 0 Å². The Kier molecular flexibility index (Phi) is 23.5. The molecule has 0 aliphatic rings. The fraction of sp³-hybridized carbons (Fsp3) is 0.778. The van der Waals surface area contributed by atoms with Crippen molar-refractivity contribution in [2.45, 2.75) is 181 Å². The van der Waals surface area contributed by atoms with Gasteiger partial charge in [-0.2, -0.15) is 0 Å². The van der Waals surface area contributed by atoms with Crippen LogP contribution in [0.15, 0.2) is 35.9 Å². The number of unbranched alkanes of at least 4 members (excludes halogenated alkanes) is 19. The number of rotatable bonds is 26. The lowest BCUT2D eigenvalue weighted by atomic mass is 9.88. The Balaban J connectivity index is 2.55. The average Bonchev–Trinajstić information content (AvgIpc) is 2.91. The number of benzene rings is 1. The summed E-state index contributed by atoms with van der Waals surface area (Å²) in [4.78, 5) is 0. The van der Waals surface area contributed by atoms with Gasteiger partial charge in [0.25, 0.3) is 0 Å². The lowest BCUT2D eigenvalue weighted by Crippen LogP contribution is -1.96. The van der Waals surface area contributed by atoms with Crippen LogP contribution in [0.4, 0.5) is 0 Å². The van der Waals surface area contributed by atoms with Crippen LogP contribution in [0.2, 0.25) is 0 Å². The molecule has 0 fully saturated rings. The van der Waals surface area contributed by atoms with Gasteiger partial charge in [-0.3, -0.25) is 0 Å². The van der Waals surface area contributed by atoms with Gasteiger partial charge in [-0.1, -0.05) is 179 Å². The first-order chi connectivity index (χ1) is 17.8. The van der Waals surface area contributed by atoms with Crippen LogP contribution in [-0.4, -0.2) is 0 Å². The van der Waals surface area contributed by atoms with E-state index in [2.05, 4.69) is 51.1 Å². The molecule has 0 radical (unpaired) electrons. The first kappa shape index (κ1) is 33.0. The summed E-state index contributed by atoms with van der Waals surface area (Å²) in [7, 11) is 0. The Bertz CT molecular complexity index is 596. The second kappa shape index (κ2) is 25.6. The Morgan fingerprint density at radius 1 is 0.389 bits per heavy atom. The molecule has 1 aromatic carbocycles. The van der Waals surface area contributed by atoms with Crippen LogP contribution in [0.25, 0.3) is 5.57 Å². The molecule has 0 bridgehead atoms. The summed E-state index contributed by atoms with van der Waals surface area (Å²) >= 11 is 0. The van der Waals surface area contributed by atoms with Gasteiger partial charge in [-0.15, -0.1) is 0 Å². The van der Waals surface area contributed by atoms with Crippen molar-refractivity contribution in [1.82, 2.24) is 0 Å². The van der Waals surface area contributed by atoms with Crippen molar-refractivity contribution in [2.24, 2.45) is 0 Å². The average molecular weight is 497 g/mol. The third-order valence-electron chi connectivity index (χ3n) is 7.99. The standard InChI is InChI=1S/C36H64/c1-4-7-10-13-14-15-16-17-18-19-22-25-30-34(29-24-20-11-8-5-2)36(33-28-21-12-9-6-3)35-31-26-23-27-32-35/h23,26-27,31-32H,4-22,24-25,28-30,33H2,1-3H3. The summed E-state index contributed by atoms with van der Waals surface area (Å²) in [6.45, 7) is 6.95. The van der Waals surface area contributed by atoms with Gasteiger partial charge < -0.3 is 0 Å². The SMILES string of the molecule is CCCCCCCCCCCCCCC(CCCCCCC)=C(CCCCCCC)c1ccccc1. The van der Waals surface area contributed by atoms with Gasteiger partial charge in [0.2, 0.25) is 0 Å². The Morgan fingerprint density at radius 2 is 0.722 bits per heavy atom. The molecule has 0 amide bonds. The molecule has 1 aromatic rings. The van der Waals surface area contributed by atoms with Gasteiger partial charge in [0, 0.05) is 0 Å². The van der Waals surface area contributed by atoms with Crippen LogP contribution in [0.5, 0.6) is 0 Å². The van der Waals surface area contributed by atoms with E-state index >= 15 is 0 Å². The maximum Gasteiger partial charge on any atom is -0.0225 e. The molecule has 1 rings (SSSR count). The molecule has 0 atom stereocenters. The van der Waals surface area contributed by atoms with Crippen molar-refractivity contribution in [3.63, 3.8) is 0 Å². The fourth-order valence-corrected chi connectivity index (χ4v) is 5.62. The lowest BCUT2D eigenvalue weighted by Gasteiger charge is -2.17. The predicted octanol–water partition coefficient (Wildman–Crippen LogP) is 13.3. The molecule has 0 nitrogen and oxygen atoms in total. The Hall–Kier alpha value is -1.04. The maximum atomic E-state index is 2.38. The molecule has 208 valence electrons. The third kappa shape index (κ3) is 18.2. The molecule has 0 unspecified atom stereocenters. The highest BCUT2D eigenvalue weighted by Crippen LogP contribution is 2.31. The highest BCUT2D eigenvalue weighted by molar-refractivity contribution is 5.68. The van der Waals surface area contributed by atoms with Crippen molar-refractivity contribution < 1.29 is 0 Å². The summed E-state index contributed by atoms with van der Waals surface area (Å²) in [6.07, 6.45) is 35.1. The molecule has 0 spiro atoms. The number of hydrogen-bond donors (Lipinski definition) is 0. The third-order valence-corrected chi connectivity index (χ3v) is 7.99. The van der Waals surface area contributed by atoms with Gasteiger partial charge in [-0.25, -0.2) is 0 Å². The van der Waals surface area contributed by atoms with Crippen LogP contribution < -0.4 is 0 Å². The van der Waals surface area contributed by atoms with E-state index < -0.39 is 0 Å². The summed E-state index contributed by atoms with van der Waals surface area (Å²) in [6, 6.07) is 11.4. The molecule has 36 heavy (non-hydrogen) atoms. The van der Waals surface area contributed by atoms with Gasteiger partial charge in [0.1, 0.15) is 0 Å². The maximum absolute atomic E-state index is 2.38. The van der Waals surface area contributed by atoms with E-state index in [0.29, 0.717) is 0 Å². The first-order valence-corrected chi connectivity index (χ1v) is 16.6. The minimum atomic E-state index is 1.29. The normalized spacial score (nSPS) is 12.2. The van der Waals surface area contributed by atoms with Crippen LogP contribution in [0.1, 0.15) is 187 Å². The molecule has 0 N–H and O–H groups in total. The first-order valence-electron chi connectivity index (χ1n) is 16.6. The largest absolute Gasteiger partial charge is 0.0664 e. The number of hydrogen-bond acceptors (Lipinski definition) is 0. The zero-order valence-corrected chi connectivity index (χ0v) is 25.1. The molecule has 0 aliphatic carbocycles. The zero-order valence-electron chi connectivity index (χ0n) is 25.1. The lowest BCUT2D eigenvalue weighted by molar-refractivity contribution is 0.541. The predicted molar refractivity (Wildman–Crippen MR) is 166 cm³/mol. The minimum Gasteiger partial charge on any atom is -0.0664 e. The Labute approximate surface area is 228 Å². The summed E-state index contributed by atoms with van der Waals surface area (Å²) in [5.41, 5.74) is 5.03. The minimum absolute atomic E-state index is 1.29. The molecule has 0 aromatic heterocycles. The topological polar surface area (TPSA) is 0 Å². The molecular formula is C36H64. The van der Waals surface area contributed by atoms with Crippen LogP contribution in [-0.2, 0) is 0 Å². The van der Waals surface area contributed by atoms with E-state index in [1.807, 2.05) is 0 Å². The summed E-state index contributed by atoms with van der Waals surface area (Å²) < 4.78 is 0. The van der Waals surface area contributed by atoms with E-state index in [4.69, 9.17) is 0 Å². The molecular weight excluding hydrogens is 432 g/mol. The Morgan fingerprint density at radius 3 is 1.11 bits per heavy atom. The molecule has 0 saturated heterocycles. The molecule has 0 saturated carbocycles. The summed E-state index contributed by atoms with van der Waals surface area (Å²) in [5.74, 6) is 0. The van der Waals surface area contributed by atoms with E-state index in [9.17, 15) is 0 Å². The van der Waals surface area contributed by atoms with E-state index in [1.165, 1.54) is 166 Å². The van der Waals surface area contributed by atoms with E-state index in [0.717, 1.165) is 0 Å². The second-order valence-corrected chi connectivity index (χ2v) is 11.4. The van der Waals surface area contributed by atoms with Gasteiger partial charge in [-0.05, 0) is 49.7 Å². The van der Waals surface area contributed by atoms with Gasteiger partial charge in [0.05, 0.1) is 0 Å². The highest BCUT2D eigenvalue weighted by Gasteiger charge is 2.10. The molecule has 0 heteroatoms. The molecule has 0 heterocycles. The number of allylic oxidation sites excluding steroid dienone is 2. The van der Waals surface area contributed by atoms with Crippen LogP contribution in [0, 0.1) is 0 Å². The molecule has 0 aliphatic heterocycles.